The zero-order chi connectivity index (χ0) is 11.1. The van der Waals surface area contributed by atoms with Gasteiger partial charge in [0.15, 0.2) is 0 Å². The van der Waals surface area contributed by atoms with Crippen LogP contribution in [0.1, 0.15) is 18.4 Å². The molecule has 2 rings (SSSR count). The van der Waals surface area contributed by atoms with Crippen LogP contribution < -0.4 is 10.5 Å². The molecule has 0 saturated heterocycles. The topological polar surface area (TPSA) is 78.4 Å². The van der Waals surface area contributed by atoms with E-state index in [9.17, 15) is 10.1 Å². The first kappa shape index (κ1) is 9.92. The van der Waals surface area contributed by atoms with Gasteiger partial charge in [-0.25, -0.2) is 0 Å². The van der Waals surface area contributed by atoms with Crippen molar-refractivity contribution in [3.63, 3.8) is 0 Å². The molecule has 0 spiro atoms. The minimum absolute atomic E-state index is 0.0276. The van der Waals surface area contributed by atoms with Crippen LogP contribution in [0.3, 0.4) is 0 Å². The summed E-state index contributed by atoms with van der Waals surface area (Å²) in [6.07, 6.45) is 1.81. The highest BCUT2D eigenvalue weighted by Gasteiger charge is 2.42. The monoisotopic (exact) mass is 208 g/mol. The van der Waals surface area contributed by atoms with Crippen LogP contribution in [0.15, 0.2) is 18.2 Å². The molecule has 1 aliphatic rings. The third-order valence-electron chi connectivity index (χ3n) is 2.72. The molecule has 1 aliphatic carbocycles. The smallest absolute Gasteiger partial charge is 0.273 e. The predicted molar refractivity (Wildman–Crippen MR) is 54.7 cm³/mol. The number of hydrogen-bond acceptors (Lipinski definition) is 4. The molecule has 0 amide bonds. The molecule has 0 unspecified atom stereocenters. The maximum absolute atomic E-state index is 10.6. The Kier molecular flexibility index (Phi) is 2.12. The van der Waals surface area contributed by atoms with Crippen molar-refractivity contribution in [3.8, 4) is 5.75 Å². The van der Waals surface area contributed by atoms with Gasteiger partial charge in [-0.3, -0.25) is 10.1 Å². The number of benzene rings is 1. The fourth-order valence-corrected chi connectivity index (χ4v) is 1.61. The zero-order valence-electron chi connectivity index (χ0n) is 8.40. The molecule has 1 fully saturated rings. The summed E-state index contributed by atoms with van der Waals surface area (Å²) in [6.45, 7) is 0. The number of nitro groups is 1. The van der Waals surface area contributed by atoms with Crippen LogP contribution >= 0.6 is 0 Å². The highest BCUT2D eigenvalue weighted by atomic mass is 16.6. The molecule has 15 heavy (non-hydrogen) atoms. The third-order valence-corrected chi connectivity index (χ3v) is 2.72. The molecule has 1 aromatic rings. The Morgan fingerprint density at radius 3 is 2.67 bits per heavy atom. The van der Waals surface area contributed by atoms with Gasteiger partial charge < -0.3 is 10.5 Å². The largest absolute Gasteiger partial charge is 0.496 e. The van der Waals surface area contributed by atoms with Crippen LogP contribution in [-0.2, 0) is 5.54 Å². The number of hydrogen-bond donors (Lipinski definition) is 1. The molecule has 0 bridgehead atoms. The number of nitro benzene ring substituents is 1. The molecule has 0 heterocycles. The van der Waals surface area contributed by atoms with Crippen LogP contribution in [0.25, 0.3) is 0 Å². The number of methoxy groups -OCH3 is 1. The normalized spacial score (nSPS) is 17.2. The van der Waals surface area contributed by atoms with Crippen LogP contribution in [0.2, 0.25) is 0 Å². The fourth-order valence-electron chi connectivity index (χ4n) is 1.61. The van der Waals surface area contributed by atoms with E-state index in [4.69, 9.17) is 10.5 Å². The Bertz CT molecular complexity index is 413. The lowest BCUT2D eigenvalue weighted by Gasteiger charge is -2.13. The number of nitrogens with zero attached hydrogens (tertiary/aromatic N) is 1. The second-order valence-corrected chi connectivity index (χ2v) is 3.80. The molecule has 80 valence electrons. The van der Waals surface area contributed by atoms with E-state index in [0.29, 0.717) is 5.75 Å². The highest BCUT2D eigenvalue weighted by molar-refractivity contribution is 5.49. The van der Waals surface area contributed by atoms with Crippen molar-refractivity contribution in [2.45, 2.75) is 18.4 Å². The summed E-state index contributed by atoms with van der Waals surface area (Å²) >= 11 is 0. The number of non-ortho nitro benzene ring substituents is 1. The summed E-state index contributed by atoms with van der Waals surface area (Å²) in [5.74, 6) is 0.504. The Morgan fingerprint density at radius 2 is 2.20 bits per heavy atom. The standard InChI is InChI=1S/C10H12N2O3/c1-15-9-6-7(12(13)14)2-3-8(9)10(11)4-5-10/h2-3,6H,4-5,11H2,1H3. The lowest BCUT2D eigenvalue weighted by atomic mass is 10.0. The van der Waals surface area contributed by atoms with E-state index >= 15 is 0 Å². The quantitative estimate of drug-likeness (QED) is 0.603. The van der Waals surface area contributed by atoms with Crippen molar-refractivity contribution in [1.82, 2.24) is 0 Å². The van der Waals surface area contributed by atoms with Crippen LogP contribution in [0, 0.1) is 10.1 Å². The Hall–Kier alpha value is -1.62. The summed E-state index contributed by atoms with van der Waals surface area (Å²) in [4.78, 5) is 10.1. The van der Waals surface area contributed by atoms with Crippen LogP contribution in [-0.4, -0.2) is 12.0 Å². The summed E-state index contributed by atoms with van der Waals surface area (Å²) < 4.78 is 5.12. The minimum Gasteiger partial charge on any atom is -0.496 e. The molecular weight excluding hydrogens is 196 g/mol. The van der Waals surface area contributed by atoms with Crippen molar-refractivity contribution in [3.05, 3.63) is 33.9 Å². The molecule has 0 radical (unpaired) electrons. The molecule has 5 heteroatoms. The van der Waals surface area contributed by atoms with Gasteiger partial charge in [-0.1, -0.05) is 0 Å². The van der Waals surface area contributed by atoms with Crippen molar-refractivity contribution in [1.29, 1.82) is 0 Å². The lowest BCUT2D eigenvalue weighted by Crippen LogP contribution is -2.19. The number of rotatable bonds is 3. The predicted octanol–water partition coefficient (Wildman–Crippen LogP) is 1.55. The Morgan fingerprint density at radius 1 is 1.53 bits per heavy atom. The van der Waals surface area contributed by atoms with E-state index in [0.717, 1.165) is 18.4 Å². The number of ether oxygens (including phenoxy) is 1. The van der Waals surface area contributed by atoms with Crippen molar-refractivity contribution in [2.75, 3.05) is 7.11 Å². The van der Waals surface area contributed by atoms with Gasteiger partial charge in [-0.2, -0.15) is 0 Å². The van der Waals surface area contributed by atoms with Crippen molar-refractivity contribution < 1.29 is 9.66 Å². The lowest BCUT2D eigenvalue weighted by molar-refractivity contribution is -0.384. The third kappa shape index (κ3) is 1.66. The van der Waals surface area contributed by atoms with E-state index in [2.05, 4.69) is 0 Å². The molecule has 5 nitrogen and oxygen atoms in total. The van der Waals surface area contributed by atoms with Crippen LogP contribution in [0.5, 0.6) is 5.75 Å². The minimum atomic E-state index is -0.442. The van der Waals surface area contributed by atoms with Gasteiger partial charge in [0.2, 0.25) is 0 Å². The first-order valence-electron chi connectivity index (χ1n) is 4.68. The maximum Gasteiger partial charge on any atom is 0.273 e. The van der Waals surface area contributed by atoms with E-state index in [1.165, 1.54) is 19.2 Å². The van der Waals surface area contributed by atoms with E-state index < -0.39 is 4.92 Å². The molecule has 1 saturated carbocycles. The van der Waals surface area contributed by atoms with E-state index in [1.54, 1.807) is 6.07 Å². The summed E-state index contributed by atoms with van der Waals surface area (Å²) in [5, 5.41) is 10.6. The summed E-state index contributed by atoms with van der Waals surface area (Å²) in [7, 11) is 1.49. The second kappa shape index (κ2) is 3.20. The molecular formula is C10H12N2O3. The van der Waals surface area contributed by atoms with Gasteiger partial charge in [-0.05, 0) is 18.9 Å². The molecule has 2 N–H and O–H groups in total. The molecule has 1 aromatic carbocycles. The zero-order valence-corrected chi connectivity index (χ0v) is 8.40. The van der Waals surface area contributed by atoms with E-state index in [1.807, 2.05) is 0 Å². The fraction of sp³-hybridized carbons (Fsp3) is 0.400. The van der Waals surface area contributed by atoms with Gasteiger partial charge in [0.05, 0.1) is 18.1 Å². The first-order chi connectivity index (χ1) is 7.07. The van der Waals surface area contributed by atoms with Gasteiger partial charge in [0.1, 0.15) is 5.75 Å². The molecule has 0 aromatic heterocycles. The highest BCUT2D eigenvalue weighted by Crippen LogP contribution is 2.47. The molecule has 0 atom stereocenters. The maximum atomic E-state index is 10.6. The Balaban J connectivity index is 2.44. The van der Waals surface area contributed by atoms with Gasteiger partial charge in [0.25, 0.3) is 5.69 Å². The molecule has 0 aliphatic heterocycles. The summed E-state index contributed by atoms with van der Waals surface area (Å²) in [5.41, 5.74) is 6.57. The van der Waals surface area contributed by atoms with Gasteiger partial charge in [0, 0.05) is 17.2 Å². The first-order valence-corrected chi connectivity index (χ1v) is 4.68. The number of nitrogens with two attached hydrogens (primary N) is 1. The summed E-state index contributed by atoms with van der Waals surface area (Å²) in [6, 6.07) is 4.57. The van der Waals surface area contributed by atoms with Crippen molar-refractivity contribution in [2.24, 2.45) is 5.73 Å². The Labute approximate surface area is 87.0 Å². The van der Waals surface area contributed by atoms with E-state index in [-0.39, 0.29) is 11.2 Å². The average Bonchev–Trinajstić information content (AvgIpc) is 2.96. The van der Waals surface area contributed by atoms with Gasteiger partial charge in [-0.15, -0.1) is 0 Å². The van der Waals surface area contributed by atoms with Gasteiger partial charge >= 0.3 is 0 Å². The second-order valence-electron chi connectivity index (χ2n) is 3.80. The average molecular weight is 208 g/mol. The SMILES string of the molecule is COc1cc([N+](=O)[O-])ccc1C1(N)CC1. The van der Waals surface area contributed by atoms with Crippen molar-refractivity contribution >= 4 is 5.69 Å². The van der Waals surface area contributed by atoms with Crippen LogP contribution in [0.4, 0.5) is 5.69 Å².